The quantitative estimate of drug-likeness (QED) is 0.412. The van der Waals surface area contributed by atoms with Crippen LogP contribution in [0, 0.1) is 6.92 Å². The molecule has 4 aromatic rings. The van der Waals surface area contributed by atoms with E-state index in [4.69, 9.17) is 9.40 Å². The molecule has 0 aliphatic rings. The predicted octanol–water partition coefficient (Wildman–Crippen LogP) is 4.30. The number of carbonyl (C=O) groups is 1. The summed E-state index contributed by atoms with van der Waals surface area (Å²) < 4.78 is 5.31. The van der Waals surface area contributed by atoms with Crippen LogP contribution < -0.4 is 10.9 Å². The lowest BCUT2D eigenvalue weighted by atomic mass is 10.1. The van der Waals surface area contributed by atoms with E-state index >= 15 is 0 Å². The fraction of sp³-hybridized carbons (Fsp3) is 0.143. The third-order valence-electron chi connectivity index (χ3n) is 4.22. The molecule has 1 N–H and O–H groups in total. The largest absolute Gasteiger partial charge is 0.423 e. The highest BCUT2D eigenvalue weighted by Crippen LogP contribution is 2.29. The van der Waals surface area contributed by atoms with E-state index in [0.29, 0.717) is 17.0 Å². The summed E-state index contributed by atoms with van der Waals surface area (Å²) in [7, 11) is 0. The number of para-hydroxylation sites is 2. The van der Waals surface area contributed by atoms with Gasteiger partial charge in [0.15, 0.2) is 0 Å². The first-order chi connectivity index (χ1) is 13.5. The van der Waals surface area contributed by atoms with Crippen LogP contribution in [0.4, 0.5) is 5.69 Å². The number of thioether (sulfide) groups is 1. The number of fused-ring (bicyclic) bond motifs is 2. The average molecular weight is 391 g/mol. The minimum absolute atomic E-state index is 0.182. The third kappa shape index (κ3) is 3.75. The van der Waals surface area contributed by atoms with Gasteiger partial charge in [0.05, 0.1) is 16.7 Å². The molecule has 0 aliphatic heterocycles. The fourth-order valence-electron chi connectivity index (χ4n) is 2.99. The molecule has 0 atom stereocenters. The molecule has 4 rings (SSSR count). The third-order valence-corrected chi connectivity index (χ3v) is 5.33. The normalized spacial score (nSPS) is 11.1. The lowest BCUT2D eigenvalue weighted by Crippen LogP contribution is -2.06. The Morgan fingerprint density at radius 1 is 1.11 bits per heavy atom. The van der Waals surface area contributed by atoms with E-state index in [0.717, 1.165) is 32.7 Å². The van der Waals surface area contributed by atoms with Crippen molar-refractivity contribution in [3.63, 3.8) is 0 Å². The van der Waals surface area contributed by atoms with Crippen molar-refractivity contribution in [2.45, 2.75) is 24.6 Å². The van der Waals surface area contributed by atoms with Crippen LogP contribution in [-0.2, 0) is 10.5 Å². The summed E-state index contributed by atoms with van der Waals surface area (Å²) in [4.78, 5) is 32.5. The Hall–Kier alpha value is -3.19. The maximum Gasteiger partial charge on any atom is 0.336 e. The Labute approximate surface area is 165 Å². The van der Waals surface area contributed by atoms with Gasteiger partial charge < -0.3 is 9.73 Å². The van der Waals surface area contributed by atoms with Gasteiger partial charge in [0.1, 0.15) is 10.6 Å². The average Bonchev–Trinajstić information content (AvgIpc) is 2.65. The second-order valence-electron chi connectivity index (χ2n) is 6.37. The molecule has 0 aliphatic carbocycles. The van der Waals surface area contributed by atoms with Crippen LogP contribution in [0.25, 0.3) is 22.0 Å². The summed E-state index contributed by atoms with van der Waals surface area (Å²) in [5, 5.41) is 4.35. The number of rotatable bonds is 4. The fourth-order valence-corrected chi connectivity index (χ4v) is 3.93. The molecule has 7 heteroatoms. The summed E-state index contributed by atoms with van der Waals surface area (Å²) in [6.07, 6.45) is 0. The number of nitrogens with one attached hydrogen (secondary N) is 1. The molecule has 2 aromatic carbocycles. The maximum absolute atomic E-state index is 12.0. The van der Waals surface area contributed by atoms with E-state index in [-0.39, 0.29) is 5.91 Å². The van der Waals surface area contributed by atoms with Crippen LogP contribution >= 0.6 is 11.8 Å². The van der Waals surface area contributed by atoms with Gasteiger partial charge in [-0.1, -0.05) is 23.9 Å². The number of anilines is 1. The molecule has 2 heterocycles. The molecule has 0 unspecified atom stereocenters. The van der Waals surface area contributed by atoms with Gasteiger partial charge in [-0.25, -0.2) is 14.8 Å². The van der Waals surface area contributed by atoms with Gasteiger partial charge >= 0.3 is 5.63 Å². The number of hydrogen-bond donors (Lipinski definition) is 1. The minimum atomic E-state index is -0.426. The number of benzene rings is 2. The Morgan fingerprint density at radius 3 is 2.61 bits per heavy atom. The highest BCUT2D eigenvalue weighted by molar-refractivity contribution is 7.98. The van der Waals surface area contributed by atoms with E-state index in [2.05, 4.69) is 10.3 Å². The zero-order valence-corrected chi connectivity index (χ0v) is 16.2. The molecule has 0 bridgehead atoms. The first kappa shape index (κ1) is 18.2. The number of nitrogens with zero attached hydrogens (tertiary/aromatic N) is 2. The Bertz CT molecular complexity index is 1270. The molecule has 6 nitrogen and oxygen atoms in total. The van der Waals surface area contributed by atoms with E-state index < -0.39 is 5.63 Å². The van der Waals surface area contributed by atoms with E-state index in [1.807, 2.05) is 37.3 Å². The number of hydrogen-bond acceptors (Lipinski definition) is 6. The smallest absolute Gasteiger partial charge is 0.336 e. The van der Waals surface area contributed by atoms with Crippen LogP contribution in [0.1, 0.15) is 18.2 Å². The van der Waals surface area contributed by atoms with Gasteiger partial charge in [-0.2, -0.15) is 0 Å². The molecule has 0 saturated heterocycles. The summed E-state index contributed by atoms with van der Waals surface area (Å²) in [6, 6.07) is 14.5. The summed E-state index contributed by atoms with van der Waals surface area (Å²) in [5.74, 6) is 0.369. The topological polar surface area (TPSA) is 85.1 Å². The van der Waals surface area contributed by atoms with Crippen molar-refractivity contribution in [2.75, 3.05) is 5.32 Å². The van der Waals surface area contributed by atoms with Crippen molar-refractivity contribution in [2.24, 2.45) is 0 Å². The molecular formula is C21H17N3O3S. The van der Waals surface area contributed by atoms with E-state index in [1.165, 1.54) is 24.8 Å². The van der Waals surface area contributed by atoms with Crippen molar-refractivity contribution in [3.8, 4) is 0 Å². The SMILES string of the molecule is CC(=O)Nc1ccc2c(CSc3nc4ccccc4nc3C)cc(=O)oc2c1. The predicted molar refractivity (Wildman–Crippen MR) is 111 cm³/mol. The minimum Gasteiger partial charge on any atom is -0.423 e. The van der Waals surface area contributed by atoms with Crippen LogP contribution in [0.15, 0.2) is 62.8 Å². The van der Waals surface area contributed by atoms with Crippen LogP contribution in [0.5, 0.6) is 0 Å². The molecule has 140 valence electrons. The first-order valence-electron chi connectivity index (χ1n) is 8.70. The summed E-state index contributed by atoms with van der Waals surface area (Å²) in [5.41, 5.74) is 4.00. The van der Waals surface area contributed by atoms with Gasteiger partial charge in [0, 0.05) is 35.9 Å². The van der Waals surface area contributed by atoms with Crippen molar-refractivity contribution in [3.05, 3.63) is 70.2 Å². The molecule has 1 amide bonds. The molecule has 28 heavy (non-hydrogen) atoms. The van der Waals surface area contributed by atoms with E-state index in [1.54, 1.807) is 12.1 Å². The second kappa shape index (κ2) is 7.44. The molecule has 0 radical (unpaired) electrons. The number of carbonyl (C=O) groups excluding carboxylic acids is 1. The molecular weight excluding hydrogens is 374 g/mol. The molecule has 0 fully saturated rings. The highest BCUT2D eigenvalue weighted by atomic mass is 32.2. The monoisotopic (exact) mass is 391 g/mol. The number of aryl methyl sites for hydroxylation is 1. The van der Waals surface area contributed by atoms with Gasteiger partial charge in [0.2, 0.25) is 5.91 Å². The van der Waals surface area contributed by atoms with Crippen molar-refractivity contribution < 1.29 is 9.21 Å². The Balaban J connectivity index is 1.67. The van der Waals surface area contributed by atoms with Crippen molar-refractivity contribution >= 4 is 45.4 Å². The van der Waals surface area contributed by atoms with Crippen LogP contribution in [-0.4, -0.2) is 15.9 Å². The highest BCUT2D eigenvalue weighted by Gasteiger charge is 2.11. The zero-order chi connectivity index (χ0) is 19.7. The van der Waals surface area contributed by atoms with Crippen molar-refractivity contribution in [1.82, 2.24) is 9.97 Å². The summed E-state index contributed by atoms with van der Waals surface area (Å²) >= 11 is 1.53. The van der Waals surface area contributed by atoms with Crippen molar-refractivity contribution in [1.29, 1.82) is 0 Å². The Morgan fingerprint density at radius 2 is 1.86 bits per heavy atom. The van der Waals surface area contributed by atoms with E-state index in [9.17, 15) is 9.59 Å². The van der Waals surface area contributed by atoms with Crippen LogP contribution in [0.2, 0.25) is 0 Å². The molecule has 2 aromatic heterocycles. The van der Waals surface area contributed by atoms with Gasteiger partial charge in [-0.15, -0.1) is 0 Å². The zero-order valence-electron chi connectivity index (χ0n) is 15.4. The molecule has 0 spiro atoms. The number of amides is 1. The maximum atomic E-state index is 12.0. The van der Waals surface area contributed by atoms with Gasteiger partial charge in [0.25, 0.3) is 0 Å². The lowest BCUT2D eigenvalue weighted by molar-refractivity contribution is -0.114. The van der Waals surface area contributed by atoms with Gasteiger partial charge in [-0.3, -0.25) is 4.79 Å². The lowest BCUT2D eigenvalue weighted by Gasteiger charge is -2.09. The summed E-state index contributed by atoms with van der Waals surface area (Å²) in [6.45, 7) is 3.36. The van der Waals surface area contributed by atoms with Crippen LogP contribution in [0.3, 0.4) is 0 Å². The number of aromatic nitrogens is 2. The first-order valence-corrected chi connectivity index (χ1v) is 9.69. The second-order valence-corrected chi connectivity index (χ2v) is 7.34. The Kier molecular flexibility index (Phi) is 4.83. The standard InChI is InChI=1S/C21H17N3O3S/c1-12-21(24-18-6-4-3-5-17(18)22-12)28-11-14-9-20(26)27-19-10-15(23-13(2)25)7-8-16(14)19/h3-10H,11H2,1-2H3,(H,23,25). The van der Waals surface area contributed by atoms with Gasteiger partial charge in [-0.05, 0) is 36.8 Å². The molecule has 0 saturated carbocycles.